The summed E-state index contributed by atoms with van der Waals surface area (Å²) in [7, 11) is 4.15. The van der Waals surface area contributed by atoms with E-state index in [0.29, 0.717) is 5.92 Å². The molecule has 1 saturated carbocycles. The first-order chi connectivity index (χ1) is 9.00. The fraction of sp³-hybridized carbons (Fsp3) is 0.643. The molecular weight excluding hydrogens is 258 g/mol. The van der Waals surface area contributed by atoms with Crippen molar-refractivity contribution >= 4 is 27.8 Å². The summed E-state index contributed by atoms with van der Waals surface area (Å²) < 4.78 is 0. The predicted octanol–water partition coefficient (Wildman–Crippen LogP) is 2.77. The van der Waals surface area contributed by atoms with Gasteiger partial charge in [0.1, 0.15) is 0 Å². The first kappa shape index (κ1) is 14.3. The van der Waals surface area contributed by atoms with Gasteiger partial charge < -0.3 is 16.0 Å². The van der Waals surface area contributed by atoms with E-state index in [4.69, 9.17) is 5.73 Å². The van der Waals surface area contributed by atoms with E-state index in [9.17, 15) is 4.79 Å². The molecule has 19 heavy (non-hydrogen) atoms. The molecule has 0 radical (unpaired) electrons. The van der Waals surface area contributed by atoms with E-state index in [2.05, 4.69) is 24.3 Å². The van der Waals surface area contributed by atoms with Crippen molar-refractivity contribution in [1.29, 1.82) is 0 Å². The van der Waals surface area contributed by atoms with Gasteiger partial charge in [0, 0.05) is 19.0 Å². The Balaban J connectivity index is 2.06. The summed E-state index contributed by atoms with van der Waals surface area (Å²) in [5.74, 6) is 0.645. The van der Waals surface area contributed by atoms with Crippen LogP contribution in [0.5, 0.6) is 0 Å². The highest BCUT2D eigenvalue weighted by Crippen LogP contribution is 2.50. The monoisotopic (exact) mass is 281 g/mol. The van der Waals surface area contributed by atoms with Crippen molar-refractivity contribution < 1.29 is 4.79 Å². The lowest BCUT2D eigenvalue weighted by Gasteiger charge is -2.11. The van der Waals surface area contributed by atoms with Gasteiger partial charge in [-0.15, -0.1) is 11.3 Å². The number of ketones is 1. The number of Topliss-reactive ketones (excluding diaryl/α,β-unsaturated/α-hetero) is 1. The molecule has 1 aromatic heterocycles. The van der Waals surface area contributed by atoms with E-state index in [0.717, 1.165) is 35.1 Å². The summed E-state index contributed by atoms with van der Waals surface area (Å²) in [6.45, 7) is 3.58. The smallest absolute Gasteiger partial charge is 0.171 e. The molecule has 0 amide bonds. The van der Waals surface area contributed by atoms with Crippen LogP contribution in [0.2, 0.25) is 0 Å². The third kappa shape index (κ3) is 3.48. The van der Waals surface area contributed by atoms with Crippen molar-refractivity contribution in [2.75, 3.05) is 38.2 Å². The Morgan fingerprint density at radius 1 is 1.47 bits per heavy atom. The van der Waals surface area contributed by atoms with Crippen LogP contribution in [-0.2, 0) is 0 Å². The van der Waals surface area contributed by atoms with Gasteiger partial charge >= 0.3 is 0 Å². The molecule has 1 aromatic rings. The first-order valence-corrected chi connectivity index (χ1v) is 7.64. The van der Waals surface area contributed by atoms with Crippen molar-refractivity contribution in [1.82, 2.24) is 4.90 Å². The highest BCUT2D eigenvalue weighted by molar-refractivity contribution is 7.18. The molecule has 1 heterocycles. The second-order valence-corrected chi connectivity index (χ2v) is 6.52. The molecule has 0 aliphatic heterocycles. The van der Waals surface area contributed by atoms with Crippen LogP contribution in [0.15, 0.2) is 0 Å². The second-order valence-electron chi connectivity index (χ2n) is 5.50. The predicted molar refractivity (Wildman–Crippen MR) is 82.4 cm³/mol. The Morgan fingerprint density at radius 2 is 2.16 bits per heavy atom. The summed E-state index contributed by atoms with van der Waals surface area (Å²) in [5.41, 5.74) is 8.05. The Bertz CT molecular complexity index is 464. The van der Waals surface area contributed by atoms with Crippen LogP contribution in [0.25, 0.3) is 0 Å². The van der Waals surface area contributed by atoms with Crippen molar-refractivity contribution in [2.24, 2.45) is 0 Å². The Labute approximate surface area is 119 Å². The van der Waals surface area contributed by atoms with Crippen LogP contribution in [0.1, 0.15) is 47.3 Å². The number of carbonyl (C=O) groups is 1. The Kier molecular flexibility index (Phi) is 4.47. The molecular formula is C14H23N3OS. The Hall–Kier alpha value is -1.07. The molecule has 3 N–H and O–H groups in total. The van der Waals surface area contributed by atoms with Gasteiger partial charge in [0.25, 0.3) is 0 Å². The normalized spacial score (nSPS) is 14.9. The third-order valence-electron chi connectivity index (χ3n) is 3.36. The largest absolute Gasteiger partial charge is 0.397 e. The second kappa shape index (κ2) is 5.92. The quantitative estimate of drug-likeness (QED) is 0.596. The van der Waals surface area contributed by atoms with E-state index < -0.39 is 0 Å². The average Bonchev–Trinajstić information content (AvgIpc) is 3.09. The van der Waals surface area contributed by atoms with Crippen LogP contribution < -0.4 is 11.1 Å². The van der Waals surface area contributed by atoms with Crippen LogP contribution in [-0.4, -0.2) is 37.9 Å². The molecule has 0 unspecified atom stereocenters. The number of anilines is 2. The highest BCUT2D eigenvalue weighted by atomic mass is 32.1. The first-order valence-electron chi connectivity index (χ1n) is 6.82. The van der Waals surface area contributed by atoms with Crippen molar-refractivity contribution in [3.63, 3.8) is 0 Å². The number of nitrogen functional groups attached to an aromatic ring is 1. The van der Waals surface area contributed by atoms with Crippen LogP contribution in [0, 0.1) is 0 Å². The summed E-state index contributed by atoms with van der Waals surface area (Å²) >= 11 is 1.52. The van der Waals surface area contributed by atoms with Crippen molar-refractivity contribution in [3.8, 4) is 0 Å². The molecule has 106 valence electrons. The van der Waals surface area contributed by atoms with Crippen LogP contribution >= 0.6 is 11.3 Å². The van der Waals surface area contributed by atoms with Gasteiger partial charge in [-0.2, -0.15) is 0 Å². The molecule has 0 saturated heterocycles. The van der Waals surface area contributed by atoms with Gasteiger partial charge in [0.2, 0.25) is 0 Å². The maximum atomic E-state index is 11.6. The molecule has 0 aromatic carbocycles. The van der Waals surface area contributed by atoms with E-state index in [1.165, 1.54) is 29.7 Å². The SMILES string of the molecule is CC(=O)c1sc(NCCCN(C)C)c(C2CC2)c1N. The minimum Gasteiger partial charge on any atom is -0.397 e. The van der Waals surface area contributed by atoms with Gasteiger partial charge in [-0.1, -0.05) is 0 Å². The van der Waals surface area contributed by atoms with E-state index >= 15 is 0 Å². The van der Waals surface area contributed by atoms with Gasteiger partial charge in [-0.25, -0.2) is 0 Å². The number of thiophene rings is 1. The molecule has 0 atom stereocenters. The summed E-state index contributed by atoms with van der Waals surface area (Å²) in [5, 5.41) is 4.58. The molecule has 2 rings (SSSR count). The molecule has 4 nitrogen and oxygen atoms in total. The van der Waals surface area contributed by atoms with Gasteiger partial charge in [-0.05, 0) is 45.8 Å². The molecule has 0 bridgehead atoms. The number of nitrogens with two attached hydrogens (primary N) is 1. The molecule has 5 heteroatoms. The number of carbonyl (C=O) groups excluding carboxylic acids is 1. The fourth-order valence-electron chi connectivity index (χ4n) is 2.22. The van der Waals surface area contributed by atoms with Crippen LogP contribution in [0.4, 0.5) is 10.7 Å². The lowest BCUT2D eigenvalue weighted by atomic mass is 10.1. The zero-order valence-corrected chi connectivity index (χ0v) is 12.8. The number of nitrogens with zero attached hydrogens (tertiary/aromatic N) is 1. The molecule has 1 aliphatic rings. The molecule has 1 fully saturated rings. The van der Waals surface area contributed by atoms with E-state index in [1.807, 2.05) is 0 Å². The average molecular weight is 281 g/mol. The summed E-state index contributed by atoms with van der Waals surface area (Å²) in [6.07, 6.45) is 3.49. The lowest BCUT2D eigenvalue weighted by Crippen LogP contribution is -2.16. The van der Waals surface area contributed by atoms with E-state index in [-0.39, 0.29) is 5.78 Å². The fourth-order valence-corrected chi connectivity index (χ4v) is 3.35. The van der Waals surface area contributed by atoms with Crippen molar-refractivity contribution in [3.05, 3.63) is 10.4 Å². The molecule has 1 aliphatic carbocycles. The maximum absolute atomic E-state index is 11.6. The minimum absolute atomic E-state index is 0.0748. The van der Waals surface area contributed by atoms with Crippen molar-refractivity contribution in [2.45, 2.75) is 32.1 Å². The number of rotatable bonds is 7. The number of nitrogens with one attached hydrogen (secondary N) is 1. The topological polar surface area (TPSA) is 58.4 Å². The lowest BCUT2D eigenvalue weighted by molar-refractivity contribution is 0.102. The minimum atomic E-state index is 0.0748. The summed E-state index contributed by atoms with van der Waals surface area (Å²) in [6, 6.07) is 0. The highest BCUT2D eigenvalue weighted by Gasteiger charge is 2.32. The molecule has 0 spiro atoms. The van der Waals surface area contributed by atoms with Gasteiger partial charge in [0.05, 0.1) is 15.6 Å². The van der Waals surface area contributed by atoms with Gasteiger partial charge in [0.15, 0.2) is 5.78 Å². The third-order valence-corrected chi connectivity index (χ3v) is 4.64. The number of hydrogen-bond donors (Lipinski definition) is 2. The van der Waals surface area contributed by atoms with Crippen LogP contribution in [0.3, 0.4) is 0 Å². The standard InChI is InChI=1S/C14H23N3OS/c1-9(18)13-12(15)11(10-5-6-10)14(19-13)16-7-4-8-17(2)3/h10,16H,4-8,15H2,1-3H3. The Morgan fingerprint density at radius 3 is 2.68 bits per heavy atom. The van der Waals surface area contributed by atoms with Gasteiger partial charge in [-0.3, -0.25) is 4.79 Å². The van der Waals surface area contributed by atoms with E-state index in [1.54, 1.807) is 6.92 Å². The zero-order valence-electron chi connectivity index (χ0n) is 12.0. The zero-order chi connectivity index (χ0) is 14.0. The number of hydrogen-bond acceptors (Lipinski definition) is 5. The summed E-state index contributed by atoms with van der Waals surface area (Å²) in [4.78, 5) is 14.5. The maximum Gasteiger partial charge on any atom is 0.171 e.